The van der Waals surface area contributed by atoms with Crippen molar-refractivity contribution >= 4 is 19.8 Å². The van der Waals surface area contributed by atoms with Crippen molar-refractivity contribution in [3.8, 4) is 0 Å². The maximum atomic E-state index is 12.8. The molecule has 0 bridgehead atoms. The van der Waals surface area contributed by atoms with E-state index in [0.29, 0.717) is 32.1 Å². The van der Waals surface area contributed by atoms with Gasteiger partial charge in [-0.25, -0.2) is 4.57 Å². The SMILES string of the molecule is CC/C=C\C=C\C(O)C/C=C\C/C=C\C/C=C\CCCC(=O)OC(COC(=O)CCCCCCC/C=C\CCCCCCCC)COP(=O)(O)OC1C(O)C(O)C(O)C(O)C1O. The maximum absolute atomic E-state index is 12.8. The second kappa shape index (κ2) is 36.6. The van der Waals surface area contributed by atoms with E-state index in [4.69, 9.17) is 18.5 Å². The standard InChI is InChI=1S/C47H79O14P/c1-3-5-7-9-10-11-12-13-14-15-16-20-23-26-30-34-40(49)58-36-39(37-59-62(56,57)61-47-45(54)43(52)42(51)44(53)46(47)55)60-41(50)35-31-27-24-21-18-17-19-22-25-29-33-38(48)32-28-8-6-4-2/h6,8,13-14,17,19,21,24-25,28-29,32,38-39,42-48,51-55H,3-5,7,9-12,15-16,18,20,22-23,26-27,30-31,33-37H2,1-2H3,(H,56,57)/b8-6-,14-13-,19-17-,24-21-,29-25-,32-28+. The Morgan fingerprint density at radius 1 is 0.597 bits per heavy atom. The van der Waals surface area contributed by atoms with Crippen molar-refractivity contribution in [1.29, 1.82) is 0 Å². The number of rotatable bonds is 36. The molecule has 0 radical (unpaired) electrons. The van der Waals surface area contributed by atoms with Crippen LogP contribution in [0.5, 0.6) is 0 Å². The Hall–Kier alpha value is -2.75. The Morgan fingerprint density at radius 2 is 1.11 bits per heavy atom. The molecule has 1 rings (SSSR count). The Morgan fingerprint density at radius 3 is 1.74 bits per heavy atom. The number of phosphoric acid groups is 1. The molecule has 7 N–H and O–H groups in total. The molecule has 356 valence electrons. The molecule has 0 aliphatic heterocycles. The molecule has 0 amide bonds. The zero-order valence-corrected chi connectivity index (χ0v) is 38.1. The Balaban J connectivity index is 2.54. The van der Waals surface area contributed by atoms with Gasteiger partial charge in [-0.2, -0.15) is 0 Å². The van der Waals surface area contributed by atoms with Gasteiger partial charge in [-0.15, -0.1) is 0 Å². The van der Waals surface area contributed by atoms with Gasteiger partial charge < -0.3 is 45.0 Å². The zero-order chi connectivity index (χ0) is 45.9. The fraction of sp³-hybridized carbons (Fsp3) is 0.702. The molecule has 0 spiro atoms. The predicted octanol–water partition coefficient (Wildman–Crippen LogP) is 7.69. The third-order valence-electron chi connectivity index (χ3n) is 10.1. The van der Waals surface area contributed by atoms with Gasteiger partial charge in [-0.1, -0.05) is 138 Å². The van der Waals surface area contributed by atoms with Gasteiger partial charge in [-0.05, 0) is 70.6 Å². The Kier molecular flexibility index (Phi) is 33.8. The predicted molar refractivity (Wildman–Crippen MR) is 241 cm³/mol. The van der Waals surface area contributed by atoms with E-state index in [1.54, 1.807) is 6.08 Å². The summed E-state index contributed by atoms with van der Waals surface area (Å²) in [7, 11) is -5.15. The minimum atomic E-state index is -5.15. The van der Waals surface area contributed by atoms with Crippen LogP contribution in [0.2, 0.25) is 0 Å². The fourth-order valence-corrected chi connectivity index (χ4v) is 7.36. The largest absolute Gasteiger partial charge is 0.472 e. The first kappa shape index (κ1) is 57.3. The first-order valence-corrected chi connectivity index (χ1v) is 24.3. The molecule has 1 saturated carbocycles. The van der Waals surface area contributed by atoms with Crippen LogP contribution in [0.1, 0.15) is 149 Å². The van der Waals surface area contributed by atoms with Crippen molar-refractivity contribution in [2.24, 2.45) is 0 Å². The number of hydrogen-bond donors (Lipinski definition) is 7. The molecule has 15 heteroatoms. The third kappa shape index (κ3) is 28.8. The first-order chi connectivity index (χ1) is 29.8. The lowest BCUT2D eigenvalue weighted by atomic mass is 9.85. The second-order valence-electron chi connectivity index (χ2n) is 15.7. The van der Waals surface area contributed by atoms with Crippen molar-refractivity contribution in [2.75, 3.05) is 13.2 Å². The van der Waals surface area contributed by atoms with Crippen LogP contribution in [-0.4, -0.2) is 110 Å². The molecule has 0 saturated heterocycles. The summed E-state index contributed by atoms with van der Waals surface area (Å²) < 4.78 is 33.4. The van der Waals surface area contributed by atoms with Gasteiger partial charge in [0.1, 0.15) is 43.2 Å². The molecule has 0 aromatic heterocycles. The van der Waals surface area contributed by atoms with Crippen molar-refractivity contribution < 1.29 is 68.2 Å². The summed E-state index contributed by atoms with van der Waals surface area (Å²) in [5.41, 5.74) is 0. The Labute approximate surface area is 370 Å². The molecule has 0 aromatic rings. The van der Waals surface area contributed by atoms with Gasteiger partial charge in [0.05, 0.1) is 12.7 Å². The number of carbonyl (C=O) groups excluding carboxylic acids is 2. The van der Waals surface area contributed by atoms with Crippen LogP contribution in [0.3, 0.4) is 0 Å². The lowest BCUT2D eigenvalue weighted by Crippen LogP contribution is -2.64. The van der Waals surface area contributed by atoms with Crippen LogP contribution in [0.4, 0.5) is 0 Å². The highest BCUT2D eigenvalue weighted by Gasteiger charge is 2.51. The molecule has 0 aromatic carbocycles. The van der Waals surface area contributed by atoms with Crippen LogP contribution in [0.25, 0.3) is 0 Å². The number of allylic oxidation sites excluding steroid dienone is 10. The summed E-state index contributed by atoms with van der Waals surface area (Å²) in [6.45, 7) is 3.01. The summed E-state index contributed by atoms with van der Waals surface area (Å²) >= 11 is 0. The number of carbonyl (C=O) groups is 2. The number of aliphatic hydroxyl groups is 6. The highest BCUT2D eigenvalue weighted by atomic mass is 31.2. The van der Waals surface area contributed by atoms with E-state index in [0.717, 1.165) is 51.4 Å². The summed E-state index contributed by atoms with van der Waals surface area (Å²) in [6.07, 6.45) is 28.5. The molecule has 7 atom stereocenters. The van der Waals surface area contributed by atoms with E-state index in [2.05, 4.69) is 19.1 Å². The molecule has 62 heavy (non-hydrogen) atoms. The molecular weight excluding hydrogens is 819 g/mol. The van der Waals surface area contributed by atoms with Gasteiger partial charge in [-0.3, -0.25) is 18.6 Å². The van der Waals surface area contributed by atoms with Crippen molar-refractivity contribution in [2.45, 2.75) is 198 Å². The van der Waals surface area contributed by atoms with Gasteiger partial charge in [0, 0.05) is 12.8 Å². The van der Waals surface area contributed by atoms with E-state index in [1.165, 1.54) is 38.5 Å². The third-order valence-corrected chi connectivity index (χ3v) is 11.1. The van der Waals surface area contributed by atoms with Crippen LogP contribution >= 0.6 is 7.82 Å². The average Bonchev–Trinajstić information content (AvgIpc) is 3.25. The van der Waals surface area contributed by atoms with Crippen molar-refractivity contribution in [3.05, 3.63) is 72.9 Å². The van der Waals surface area contributed by atoms with Crippen molar-refractivity contribution in [3.63, 3.8) is 0 Å². The van der Waals surface area contributed by atoms with Crippen LogP contribution in [0.15, 0.2) is 72.9 Å². The first-order valence-electron chi connectivity index (χ1n) is 22.8. The number of aliphatic hydroxyl groups excluding tert-OH is 6. The fourth-order valence-electron chi connectivity index (χ4n) is 6.39. The number of hydrogen-bond acceptors (Lipinski definition) is 13. The highest BCUT2D eigenvalue weighted by molar-refractivity contribution is 7.47. The van der Waals surface area contributed by atoms with Gasteiger partial charge >= 0.3 is 19.8 Å². The van der Waals surface area contributed by atoms with E-state index < -0.39 is 81.8 Å². The quantitative estimate of drug-likeness (QED) is 0.0105. The topological polar surface area (TPSA) is 230 Å². The lowest BCUT2D eigenvalue weighted by molar-refractivity contribution is -0.220. The summed E-state index contributed by atoms with van der Waals surface area (Å²) in [4.78, 5) is 35.7. The average molecular weight is 899 g/mol. The second-order valence-corrected chi connectivity index (χ2v) is 17.1. The normalized spacial score (nSPS) is 23.0. The Bertz CT molecular complexity index is 1380. The number of ether oxygens (including phenoxy) is 2. The zero-order valence-electron chi connectivity index (χ0n) is 37.2. The number of unbranched alkanes of at least 4 members (excludes halogenated alkanes) is 12. The van der Waals surface area contributed by atoms with E-state index in [1.807, 2.05) is 61.6 Å². The monoisotopic (exact) mass is 899 g/mol. The summed E-state index contributed by atoms with van der Waals surface area (Å²) in [5.74, 6) is -1.21. The van der Waals surface area contributed by atoms with Gasteiger partial charge in [0.25, 0.3) is 0 Å². The smallest absolute Gasteiger partial charge is 0.462 e. The van der Waals surface area contributed by atoms with Crippen LogP contribution in [0, 0.1) is 0 Å². The van der Waals surface area contributed by atoms with Crippen molar-refractivity contribution in [1.82, 2.24) is 0 Å². The van der Waals surface area contributed by atoms with E-state index in [9.17, 15) is 49.7 Å². The molecule has 1 fully saturated rings. The molecule has 1 aliphatic rings. The van der Waals surface area contributed by atoms with Gasteiger partial charge in [0.15, 0.2) is 6.10 Å². The van der Waals surface area contributed by atoms with Crippen LogP contribution < -0.4 is 0 Å². The molecule has 7 unspecified atom stereocenters. The maximum Gasteiger partial charge on any atom is 0.472 e. The minimum absolute atomic E-state index is 0.00782. The number of esters is 2. The summed E-state index contributed by atoms with van der Waals surface area (Å²) in [5, 5.41) is 60.0. The van der Waals surface area contributed by atoms with E-state index in [-0.39, 0.29) is 12.8 Å². The lowest BCUT2D eigenvalue weighted by Gasteiger charge is -2.41. The van der Waals surface area contributed by atoms with E-state index >= 15 is 0 Å². The number of phosphoric ester groups is 1. The van der Waals surface area contributed by atoms with Crippen LogP contribution in [-0.2, 0) is 32.7 Å². The van der Waals surface area contributed by atoms with Gasteiger partial charge in [0.2, 0.25) is 0 Å². The minimum Gasteiger partial charge on any atom is -0.462 e. The summed E-state index contributed by atoms with van der Waals surface area (Å²) in [6, 6.07) is 0. The highest BCUT2D eigenvalue weighted by Crippen LogP contribution is 2.47. The molecule has 14 nitrogen and oxygen atoms in total. The molecule has 1 aliphatic carbocycles. The molecular formula is C47H79O14P. The molecule has 0 heterocycles.